The van der Waals surface area contributed by atoms with Crippen LogP contribution in [0, 0.1) is 0 Å². The zero-order valence-corrected chi connectivity index (χ0v) is 31.9. The highest BCUT2D eigenvalue weighted by atomic mass is 16.3. The van der Waals surface area contributed by atoms with E-state index in [-0.39, 0.29) is 0 Å². The molecular weight excluding hydrogens is 717 g/mol. The smallest absolute Gasteiger partial charge is 0.162 e. The first-order valence-corrected chi connectivity index (χ1v) is 20.1. The Morgan fingerprint density at radius 3 is 1.80 bits per heavy atom. The fourth-order valence-electron chi connectivity index (χ4n) is 9.01. The summed E-state index contributed by atoms with van der Waals surface area (Å²) in [7, 11) is 0. The molecule has 12 aromatic rings. The number of hydrogen-bond acceptors (Lipinski definition) is 3. The molecule has 3 heteroatoms. The van der Waals surface area contributed by atoms with Crippen molar-refractivity contribution in [3.05, 3.63) is 206 Å². The Hall–Kier alpha value is -7.88. The summed E-state index contributed by atoms with van der Waals surface area (Å²) in [5, 5.41) is 10.5. The summed E-state index contributed by atoms with van der Waals surface area (Å²) in [4.78, 5) is 10.7. The molecule has 59 heavy (non-hydrogen) atoms. The van der Waals surface area contributed by atoms with Gasteiger partial charge in [0.15, 0.2) is 5.58 Å². The third kappa shape index (κ3) is 5.51. The second kappa shape index (κ2) is 13.4. The molecule has 12 rings (SSSR count). The molecule has 3 heterocycles. The molecule has 3 nitrogen and oxygen atoms in total. The average Bonchev–Trinajstić information content (AvgIpc) is 3.71. The lowest BCUT2D eigenvalue weighted by molar-refractivity contribution is 0.669. The van der Waals surface area contributed by atoms with Crippen molar-refractivity contribution in [2.24, 2.45) is 0 Å². The first-order chi connectivity index (χ1) is 29.2. The Kier molecular flexibility index (Phi) is 7.54. The Balaban J connectivity index is 1.03. The molecule has 0 aliphatic rings. The summed E-state index contributed by atoms with van der Waals surface area (Å²) >= 11 is 0. The standard InChI is InChI=1S/C56H34N2O/c1-2-14-36(15-3-1)51-33-41(38-17-12-16-37(31-38)39-27-28-43-40(32-39)26-25-35-13-4-5-18-42(35)43)34-52(57-51)46-29-30-47(45-20-7-6-19-44(45)46)55-56-54(48-21-8-10-23-50(48)58-55)49-22-9-11-24-53(49)59-56/h1-34H. The number of nitrogens with zero attached hydrogens (tertiary/aromatic N) is 2. The summed E-state index contributed by atoms with van der Waals surface area (Å²) < 4.78 is 6.64. The van der Waals surface area contributed by atoms with E-state index in [0.29, 0.717) is 0 Å². The first kappa shape index (κ1) is 33.3. The summed E-state index contributed by atoms with van der Waals surface area (Å²) in [5.74, 6) is 0. The molecule has 0 atom stereocenters. The van der Waals surface area contributed by atoms with Gasteiger partial charge in [0, 0.05) is 32.8 Å². The van der Waals surface area contributed by atoms with Crippen LogP contribution in [-0.2, 0) is 0 Å². The highest BCUT2D eigenvalue weighted by Crippen LogP contribution is 2.43. The Morgan fingerprint density at radius 1 is 0.322 bits per heavy atom. The van der Waals surface area contributed by atoms with E-state index in [4.69, 9.17) is 14.4 Å². The summed E-state index contributed by atoms with van der Waals surface area (Å²) in [6.07, 6.45) is 0. The first-order valence-electron chi connectivity index (χ1n) is 20.1. The average molecular weight is 751 g/mol. The van der Waals surface area contributed by atoms with Gasteiger partial charge in [0.2, 0.25) is 0 Å². The van der Waals surface area contributed by atoms with E-state index in [1.54, 1.807) is 0 Å². The molecule has 0 spiro atoms. The van der Waals surface area contributed by atoms with Crippen LogP contribution in [0.2, 0.25) is 0 Å². The number of hydrogen-bond donors (Lipinski definition) is 0. The van der Waals surface area contributed by atoms with Crippen LogP contribution >= 0.6 is 0 Å². The molecule has 274 valence electrons. The van der Waals surface area contributed by atoms with Crippen LogP contribution in [0.4, 0.5) is 0 Å². The number of benzene rings is 9. The van der Waals surface area contributed by atoms with Crippen LogP contribution in [0.15, 0.2) is 211 Å². The van der Waals surface area contributed by atoms with E-state index in [0.717, 1.165) is 88.5 Å². The number of pyridine rings is 2. The van der Waals surface area contributed by atoms with Gasteiger partial charge in [-0.3, -0.25) is 0 Å². The van der Waals surface area contributed by atoms with Gasteiger partial charge in [0.05, 0.1) is 16.9 Å². The molecule has 9 aromatic carbocycles. The normalized spacial score (nSPS) is 11.7. The van der Waals surface area contributed by atoms with E-state index in [1.807, 2.05) is 12.1 Å². The lowest BCUT2D eigenvalue weighted by atomic mass is 9.92. The number of furan rings is 1. The van der Waals surface area contributed by atoms with Crippen molar-refractivity contribution in [1.29, 1.82) is 0 Å². The predicted octanol–water partition coefficient (Wildman–Crippen LogP) is 15.3. The van der Waals surface area contributed by atoms with Crippen LogP contribution < -0.4 is 0 Å². The fourth-order valence-corrected chi connectivity index (χ4v) is 9.01. The zero-order valence-electron chi connectivity index (χ0n) is 31.9. The summed E-state index contributed by atoms with van der Waals surface area (Å²) in [5.41, 5.74) is 13.0. The third-order valence-electron chi connectivity index (χ3n) is 11.8. The minimum absolute atomic E-state index is 0.800. The second-order valence-electron chi connectivity index (χ2n) is 15.3. The van der Waals surface area contributed by atoms with Gasteiger partial charge in [-0.1, -0.05) is 170 Å². The monoisotopic (exact) mass is 750 g/mol. The molecule has 0 unspecified atom stereocenters. The zero-order chi connectivity index (χ0) is 38.9. The second-order valence-corrected chi connectivity index (χ2v) is 15.3. The molecule has 0 amide bonds. The van der Waals surface area contributed by atoms with E-state index in [9.17, 15) is 0 Å². The molecule has 0 aliphatic heterocycles. The van der Waals surface area contributed by atoms with Gasteiger partial charge in [-0.15, -0.1) is 0 Å². The molecule has 0 saturated carbocycles. The van der Waals surface area contributed by atoms with E-state index in [1.165, 1.54) is 32.7 Å². The topological polar surface area (TPSA) is 38.9 Å². The van der Waals surface area contributed by atoms with E-state index in [2.05, 4.69) is 194 Å². The Morgan fingerprint density at radius 2 is 0.932 bits per heavy atom. The minimum atomic E-state index is 0.800. The summed E-state index contributed by atoms with van der Waals surface area (Å²) in [6.45, 7) is 0. The number of aromatic nitrogens is 2. The molecule has 3 aromatic heterocycles. The van der Waals surface area contributed by atoms with Gasteiger partial charge in [0.1, 0.15) is 11.3 Å². The van der Waals surface area contributed by atoms with Crippen molar-refractivity contribution < 1.29 is 4.42 Å². The fraction of sp³-hybridized carbons (Fsp3) is 0. The predicted molar refractivity (Wildman–Crippen MR) is 247 cm³/mol. The van der Waals surface area contributed by atoms with Crippen molar-refractivity contribution in [3.8, 4) is 56.0 Å². The molecule has 0 fully saturated rings. The van der Waals surface area contributed by atoms with Crippen LogP contribution in [0.1, 0.15) is 0 Å². The van der Waals surface area contributed by atoms with Crippen LogP contribution in [0.5, 0.6) is 0 Å². The lowest BCUT2D eigenvalue weighted by Crippen LogP contribution is -1.94. The quantitative estimate of drug-likeness (QED) is 0.164. The highest BCUT2D eigenvalue weighted by Gasteiger charge is 2.21. The Labute approximate surface area is 340 Å². The van der Waals surface area contributed by atoms with Gasteiger partial charge in [-0.05, 0) is 91.0 Å². The third-order valence-corrected chi connectivity index (χ3v) is 11.8. The van der Waals surface area contributed by atoms with Gasteiger partial charge < -0.3 is 4.42 Å². The number of para-hydroxylation sites is 2. The van der Waals surface area contributed by atoms with Gasteiger partial charge in [-0.25, -0.2) is 9.97 Å². The maximum absolute atomic E-state index is 6.64. The molecule has 0 N–H and O–H groups in total. The van der Waals surface area contributed by atoms with Gasteiger partial charge >= 0.3 is 0 Å². The molecule has 0 bridgehead atoms. The largest absolute Gasteiger partial charge is 0.454 e. The molecule has 0 aliphatic carbocycles. The van der Waals surface area contributed by atoms with Gasteiger partial charge in [0.25, 0.3) is 0 Å². The van der Waals surface area contributed by atoms with E-state index >= 15 is 0 Å². The molecule has 0 radical (unpaired) electrons. The van der Waals surface area contributed by atoms with Crippen molar-refractivity contribution in [1.82, 2.24) is 9.97 Å². The maximum atomic E-state index is 6.64. The van der Waals surface area contributed by atoms with Crippen molar-refractivity contribution in [3.63, 3.8) is 0 Å². The maximum Gasteiger partial charge on any atom is 0.162 e. The lowest BCUT2D eigenvalue weighted by Gasteiger charge is -2.15. The SMILES string of the molecule is c1ccc(-c2cc(-c3cccc(-c4ccc5c(ccc6ccccc65)c4)c3)cc(-c3ccc(-c4nc5ccccc5c5c4oc4ccccc45)c4ccccc34)n2)cc1. The number of fused-ring (bicyclic) bond motifs is 9. The van der Waals surface area contributed by atoms with E-state index < -0.39 is 0 Å². The van der Waals surface area contributed by atoms with Crippen LogP contribution in [0.25, 0.3) is 121 Å². The number of rotatable bonds is 5. The highest BCUT2D eigenvalue weighted by molar-refractivity contribution is 6.22. The van der Waals surface area contributed by atoms with Crippen molar-refractivity contribution in [2.75, 3.05) is 0 Å². The molecule has 0 saturated heterocycles. The van der Waals surface area contributed by atoms with Crippen LogP contribution in [0.3, 0.4) is 0 Å². The molecular formula is C56H34N2O. The summed E-state index contributed by atoms with van der Waals surface area (Å²) in [6, 6.07) is 73.3. The van der Waals surface area contributed by atoms with Gasteiger partial charge in [-0.2, -0.15) is 0 Å². The van der Waals surface area contributed by atoms with Crippen molar-refractivity contribution >= 4 is 65.2 Å². The minimum Gasteiger partial charge on any atom is -0.454 e. The van der Waals surface area contributed by atoms with Crippen LogP contribution in [-0.4, -0.2) is 9.97 Å². The van der Waals surface area contributed by atoms with Crippen molar-refractivity contribution in [2.45, 2.75) is 0 Å². The Bertz CT molecular complexity index is 3620.